The summed E-state index contributed by atoms with van der Waals surface area (Å²) in [6.45, 7) is 3.30. The van der Waals surface area contributed by atoms with Crippen LogP contribution in [0.4, 0.5) is 8.78 Å². The molecule has 11 heteroatoms. The molecule has 1 aromatic carbocycles. The molecule has 3 aromatic rings. The number of hydrogen-bond donors (Lipinski definition) is 1. The Balaban J connectivity index is 2.11. The van der Waals surface area contributed by atoms with E-state index in [2.05, 4.69) is 9.97 Å². The normalized spacial score (nSPS) is 11.8. The number of nitrogens with zero attached hydrogens (tertiary/aromatic N) is 3. The number of halogens is 2. The number of aromatic nitrogens is 3. The SMILES string of the molecule is CC(C)c1nc(COCCO)n(Cc2ccccn2)c1S(=O)(=O)Oc1cc(F)cc(F)c1. The molecule has 0 atom stereocenters. The molecule has 32 heavy (non-hydrogen) atoms. The van der Waals surface area contributed by atoms with Crippen LogP contribution in [0.25, 0.3) is 0 Å². The van der Waals surface area contributed by atoms with Crippen molar-refractivity contribution in [1.82, 2.24) is 14.5 Å². The Labute approximate surface area is 184 Å². The molecule has 0 bridgehead atoms. The Morgan fingerprint density at radius 2 is 1.88 bits per heavy atom. The standard InChI is InChI=1S/C21H23F2N3O5S/c1-14(2)20-21(32(28,29)31-18-10-15(22)9-16(23)11-18)26(12-17-5-3-4-6-24-17)19(25-20)13-30-8-7-27/h3-6,9-11,14,27H,7-8,12-13H2,1-2H3. The third-order valence-corrected chi connectivity index (χ3v) is 5.68. The van der Waals surface area contributed by atoms with Crippen LogP contribution >= 0.6 is 0 Å². The zero-order chi connectivity index (χ0) is 23.3. The van der Waals surface area contributed by atoms with Gasteiger partial charge in [-0.15, -0.1) is 0 Å². The molecular formula is C21H23F2N3O5S. The molecule has 0 aliphatic heterocycles. The Bertz CT molecular complexity index is 1150. The van der Waals surface area contributed by atoms with Crippen LogP contribution in [0.2, 0.25) is 0 Å². The highest BCUT2D eigenvalue weighted by atomic mass is 32.2. The first-order chi connectivity index (χ1) is 15.2. The summed E-state index contributed by atoms with van der Waals surface area (Å²) in [6.07, 6.45) is 1.57. The van der Waals surface area contributed by atoms with Crippen molar-refractivity contribution >= 4 is 10.1 Å². The smallest absolute Gasteiger partial charge is 0.357 e. The first-order valence-corrected chi connectivity index (χ1v) is 11.2. The fraction of sp³-hybridized carbons (Fsp3) is 0.333. The molecule has 0 aliphatic carbocycles. The number of imidazole rings is 1. The van der Waals surface area contributed by atoms with E-state index in [1.54, 1.807) is 38.2 Å². The van der Waals surface area contributed by atoms with Crippen LogP contribution in [0.15, 0.2) is 47.6 Å². The third-order valence-electron chi connectivity index (χ3n) is 4.36. The molecule has 3 rings (SSSR count). The zero-order valence-electron chi connectivity index (χ0n) is 17.5. The molecule has 0 amide bonds. The first kappa shape index (κ1) is 23.8. The van der Waals surface area contributed by atoms with E-state index in [0.29, 0.717) is 11.8 Å². The predicted octanol–water partition coefficient (Wildman–Crippen LogP) is 3.00. The van der Waals surface area contributed by atoms with Gasteiger partial charge >= 0.3 is 10.1 Å². The molecule has 2 heterocycles. The molecule has 0 aliphatic rings. The first-order valence-electron chi connectivity index (χ1n) is 9.79. The van der Waals surface area contributed by atoms with Crippen molar-refractivity contribution in [2.45, 2.75) is 37.9 Å². The molecule has 8 nitrogen and oxygen atoms in total. The van der Waals surface area contributed by atoms with Gasteiger partial charge in [-0.3, -0.25) is 4.98 Å². The van der Waals surface area contributed by atoms with Gasteiger partial charge in [-0.1, -0.05) is 19.9 Å². The van der Waals surface area contributed by atoms with Gasteiger partial charge in [0.2, 0.25) is 0 Å². The van der Waals surface area contributed by atoms with Gasteiger partial charge < -0.3 is 18.6 Å². The van der Waals surface area contributed by atoms with Gasteiger partial charge in [-0.2, -0.15) is 8.42 Å². The largest absolute Gasteiger partial charge is 0.394 e. The monoisotopic (exact) mass is 467 g/mol. The van der Waals surface area contributed by atoms with Crippen LogP contribution < -0.4 is 4.18 Å². The van der Waals surface area contributed by atoms with E-state index in [4.69, 9.17) is 14.0 Å². The number of aliphatic hydroxyl groups is 1. The van der Waals surface area contributed by atoms with Crippen molar-refractivity contribution in [2.75, 3.05) is 13.2 Å². The lowest BCUT2D eigenvalue weighted by Gasteiger charge is -2.14. The molecule has 1 N–H and O–H groups in total. The Kier molecular flexibility index (Phi) is 7.54. The average Bonchev–Trinajstić information content (AvgIpc) is 3.07. The number of hydrogen-bond acceptors (Lipinski definition) is 7. The van der Waals surface area contributed by atoms with Crippen LogP contribution in [0.5, 0.6) is 5.75 Å². The van der Waals surface area contributed by atoms with Crippen molar-refractivity contribution < 1.29 is 31.2 Å². The molecule has 0 spiro atoms. The van der Waals surface area contributed by atoms with Crippen LogP contribution in [-0.2, 0) is 28.0 Å². The molecule has 0 saturated heterocycles. The van der Waals surface area contributed by atoms with Crippen LogP contribution in [0.3, 0.4) is 0 Å². The number of benzene rings is 1. The van der Waals surface area contributed by atoms with Gasteiger partial charge in [-0.05, 0) is 18.1 Å². The average molecular weight is 467 g/mol. The van der Waals surface area contributed by atoms with Gasteiger partial charge in [0.25, 0.3) is 0 Å². The summed E-state index contributed by atoms with van der Waals surface area (Å²) in [7, 11) is -4.55. The zero-order valence-corrected chi connectivity index (χ0v) is 18.3. The predicted molar refractivity (Wildman–Crippen MR) is 111 cm³/mol. The Morgan fingerprint density at radius 3 is 2.47 bits per heavy atom. The van der Waals surface area contributed by atoms with E-state index in [1.807, 2.05) is 0 Å². The minimum atomic E-state index is -4.55. The maximum absolute atomic E-state index is 13.6. The summed E-state index contributed by atoms with van der Waals surface area (Å²) >= 11 is 0. The third kappa shape index (κ3) is 5.67. The van der Waals surface area contributed by atoms with Gasteiger partial charge in [0.1, 0.15) is 29.8 Å². The number of ether oxygens (including phenoxy) is 1. The highest BCUT2D eigenvalue weighted by Gasteiger charge is 2.32. The summed E-state index contributed by atoms with van der Waals surface area (Å²) in [5.74, 6) is -2.49. The molecular weight excluding hydrogens is 444 g/mol. The second-order valence-electron chi connectivity index (χ2n) is 7.20. The topological polar surface area (TPSA) is 104 Å². The van der Waals surface area contributed by atoms with Gasteiger partial charge in [0.15, 0.2) is 5.03 Å². The molecule has 0 fully saturated rings. The van der Waals surface area contributed by atoms with Crippen LogP contribution in [0, 0.1) is 11.6 Å². The fourth-order valence-electron chi connectivity index (χ4n) is 3.04. The van der Waals surface area contributed by atoms with Crippen molar-refractivity contribution in [1.29, 1.82) is 0 Å². The van der Waals surface area contributed by atoms with E-state index >= 15 is 0 Å². The summed E-state index contributed by atoms with van der Waals surface area (Å²) < 4.78 is 65.6. The molecule has 0 radical (unpaired) electrons. The van der Waals surface area contributed by atoms with Crippen molar-refractivity contribution in [3.8, 4) is 5.75 Å². The van der Waals surface area contributed by atoms with Crippen LogP contribution in [0.1, 0.15) is 37.0 Å². The van der Waals surface area contributed by atoms with Gasteiger partial charge in [0.05, 0.1) is 31.1 Å². The van der Waals surface area contributed by atoms with E-state index in [-0.39, 0.29) is 48.8 Å². The molecule has 2 aromatic heterocycles. The number of rotatable bonds is 10. The van der Waals surface area contributed by atoms with E-state index < -0.39 is 27.5 Å². The summed E-state index contributed by atoms with van der Waals surface area (Å²) in [6, 6.07) is 7.36. The lowest BCUT2D eigenvalue weighted by molar-refractivity contribution is 0.0758. The minimum Gasteiger partial charge on any atom is -0.394 e. The second-order valence-corrected chi connectivity index (χ2v) is 8.66. The Hall–Kier alpha value is -2.89. The quantitative estimate of drug-likeness (QED) is 0.361. The van der Waals surface area contributed by atoms with Gasteiger partial charge in [-0.25, -0.2) is 13.8 Å². The lowest BCUT2D eigenvalue weighted by atomic mass is 10.1. The molecule has 0 saturated carbocycles. The molecule has 0 unspecified atom stereocenters. The fourth-order valence-corrected chi connectivity index (χ4v) is 4.45. The second kappa shape index (κ2) is 10.2. The summed E-state index contributed by atoms with van der Waals surface area (Å²) in [4.78, 5) is 8.67. The molecule has 172 valence electrons. The van der Waals surface area contributed by atoms with Crippen molar-refractivity contribution in [3.05, 3.63) is 71.4 Å². The summed E-state index contributed by atoms with van der Waals surface area (Å²) in [5.41, 5.74) is 0.761. The van der Waals surface area contributed by atoms with E-state index in [0.717, 1.165) is 12.1 Å². The highest BCUT2D eigenvalue weighted by Crippen LogP contribution is 2.29. The maximum atomic E-state index is 13.6. The maximum Gasteiger partial charge on any atom is 0.357 e. The Morgan fingerprint density at radius 1 is 1.16 bits per heavy atom. The number of aliphatic hydroxyl groups excluding tert-OH is 1. The van der Waals surface area contributed by atoms with Crippen LogP contribution in [-0.4, -0.2) is 41.3 Å². The number of pyridine rings is 1. The minimum absolute atomic E-state index is 0.0355. The highest BCUT2D eigenvalue weighted by molar-refractivity contribution is 7.87. The van der Waals surface area contributed by atoms with E-state index in [9.17, 15) is 17.2 Å². The van der Waals surface area contributed by atoms with E-state index in [1.165, 1.54) is 4.57 Å². The van der Waals surface area contributed by atoms with Crippen molar-refractivity contribution in [3.63, 3.8) is 0 Å². The summed E-state index contributed by atoms with van der Waals surface area (Å²) in [5, 5.41) is 8.74. The lowest BCUT2D eigenvalue weighted by Crippen LogP contribution is -2.19. The van der Waals surface area contributed by atoms with Crippen molar-refractivity contribution in [2.24, 2.45) is 0 Å². The van der Waals surface area contributed by atoms with Gasteiger partial charge in [0, 0.05) is 24.4 Å².